The van der Waals surface area contributed by atoms with Gasteiger partial charge in [0.15, 0.2) is 0 Å². The number of likely N-dealkylation sites (N-methyl/N-ethyl adjacent to an activating group) is 1. The summed E-state index contributed by atoms with van der Waals surface area (Å²) < 4.78 is 1.77. The lowest BCUT2D eigenvalue weighted by Gasteiger charge is -2.17. The van der Waals surface area contributed by atoms with Crippen molar-refractivity contribution in [3.05, 3.63) is 78.0 Å². The molecule has 0 bridgehead atoms. The van der Waals surface area contributed by atoms with Crippen molar-refractivity contribution in [3.8, 4) is 23.0 Å². The quantitative estimate of drug-likeness (QED) is 0.480. The van der Waals surface area contributed by atoms with Crippen molar-refractivity contribution in [1.29, 1.82) is 5.26 Å². The van der Waals surface area contributed by atoms with E-state index in [0.717, 1.165) is 22.5 Å². The molecule has 0 unspecified atom stereocenters. The summed E-state index contributed by atoms with van der Waals surface area (Å²) in [5.74, 6) is -0.265. The van der Waals surface area contributed by atoms with Gasteiger partial charge in [-0.25, -0.2) is 4.68 Å². The minimum Gasteiger partial charge on any atom is -0.339 e. The van der Waals surface area contributed by atoms with Crippen LogP contribution in [0.25, 0.3) is 23.0 Å². The minimum atomic E-state index is -0.265. The van der Waals surface area contributed by atoms with Crippen LogP contribution >= 0.6 is 0 Å². The van der Waals surface area contributed by atoms with Crippen LogP contribution in [0.4, 0.5) is 0 Å². The standard InChI is InChI=1S/C23H22N4O/c1-3-26(4-2)23(28)19(16-24)15-20-17-27(21-13-9-6-10-14-21)25-22(20)18-11-7-5-8-12-18/h5-15,17H,3-4H2,1-2H3/b19-15-. The number of nitrogens with zero attached hydrogens (tertiary/aromatic N) is 4. The smallest absolute Gasteiger partial charge is 0.264 e. The van der Waals surface area contributed by atoms with Crippen molar-refractivity contribution in [1.82, 2.24) is 14.7 Å². The maximum absolute atomic E-state index is 12.7. The second-order valence-electron chi connectivity index (χ2n) is 6.23. The summed E-state index contributed by atoms with van der Waals surface area (Å²) in [6, 6.07) is 21.6. The van der Waals surface area contributed by atoms with Gasteiger partial charge in [0.25, 0.3) is 5.91 Å². The van der Waals surface area contributed by atoms with Crippen molar-refractivity contribution in [3.63, 3.8) is 0 Å². The maximum atomic E-state index is 12.7. The summed E-state index contributed by atoms with van der Waals surface area (Å²) >= 11 is 0. The molecule has 0 N–H and O–H groups in total. The molecule has 1 amide bonds. The third kappa shape index (κ3) is 4.02. The number of hydrogen-bond donors (Lipinski definition) is 0. The predicted molar refractivity (Wildman–Crippen MR) is 111 cm³/mol. The van der Waals surface area contributed by atoms with E-state index in [0.29, 0.717) is 13.1 Å². The van der Waals surface area contributed by atoms with Crippen LogP contribution < -0.4 is 0 Å². The molecule has 28 heavy (non-hydrogen) atoms. The van der Waals surface area contributed by atoms with Crippen LogP contribution in [0, 0.1) is 11.3 Å². The number of aromatic nitrogens is 2. The van der Waals surface area contributed by atoms with Crippen molar-refractivity contribution < 1.29 is 4.79 Å². The van der Waals surface area contributed by atoms with E-state index in [2.05, 4.69) is 6.07 Å². The Balaban J connectivity index is 2.12. The summed E-state index contributed by atoms with van der Waals surface area (Å²) in [7, 11) is 0. The Morgan fingerprint density at radius 1 is 1.07 bits per heavy atom. The zero-order valence-electron chi connectivity index (χ0n) is 16.0. The van der Waals surface area contributed by atoms with E-state index >= 15 is 0 Å². The fourth-order valence-electron chi connectivity index (χ4n) is 3.00. The zero-order chi connectivity index (χ0) is 19.9. The van der Waals surface area contributed by atoms with Gasteiger partial charge >= 0.3 is 0 Å². The van der Waals surface area contributed by atoms with E-state index < -0.39 is 0 Å². The maximum Gasteiger partial charge on any atom is 0.264 e. The van der Waals surface area contributed by atoms with Crippen LogP contribution in [0.5, 0.6) is 0 Å². The summed E-state index contributed by atoms with van der Waals surface area (Å²) in [4.78, 5) is 14.3. The van der Waals surface area contributed by atoms with Crippen LogP contribution in [-0.2, 0) is 4.79 Å². The molecule has 0 atom stereocenters. The highest BCUT2D eigenvalue weighted by Crippen LogP contribution is 2.26. The Morgan fingerprint density at radius 3 is 2.25 bits per heavy atom. The molecule has 1 aromatic heterocycles. The van der Waals surface area contributed by atoms with E-state index in [4.69, 9.17) is 5.10 Å². The first kappa shape index (κ1) is 19.1. The summed E-state index contributed by atoms with van der Waals surface area (Å²) in [6.07, 6.45) is 3.49. The minimum absolute atomic E-state index is 0.105. The first-order chi connectivity index (χ1) is 13.7. The van der Waals surface area contributed by atoms with E-state index in [9.17, 15) is 10.1 Å². The van der Waals surface area contributed by atoms with Gasteiger partial charge in [0.1, 0.15) is 11.6 Å². The van der Waals surface area contributed by atoms with Crippen molar-refractivity contribution in [2.45, 2.75) is 13.8 Å². The number of para-hydroxylation sites is 1. The Hall–Kier alpha value is -3.65. The number of benzene rings is 2. The van der Waals surface area contributed by atoms with Crippen molar-refractivity contribution in [2.24, 2.45) is 0 Å². The summed E-state index contributed by atoms with van der Waals surface area (Å²) in [5.41, 5.74) is 3.40. The zero-order valence-corrected chi connectivity index (χ0v) is 16.0. The van der Waals surface area contributed by atoms with Crippen LogP contribution in [0.2, 0.25) is 0 Å². The molecule has 0 aliphatic carbocycles. The largest absolute Gasteiger partial charge is 0.339 e. The number of nitriles is 1. The lowest BCUT2D eigenvalue weighted by atomic mass is 10.1. The molecule has 2 aromatic carbocycles. The molecule has 0 spiro atoms. The number of amides is 1. The van der Waals surface area contributed by atoms with Gasteiger partial charge in [-0.1, -0.05) is 48.5 Å². The number of rotatable bonds is 6. The fourth-order valence-corrected chi connectivity index (χ4v) is 3.00. The average molecular weight is 370 g/mol. The van der Waals surface area contributed by atoms with Gasteiger partial charge in [-0.05, 0) is 32.1 Å². The topological polar surface area (TPSA) is 61.9 Å². The molecular weight excluding hydrogens is 348 g/mol. The molecule has 0 fully saturated rings. The third-order valence-corrected chi connectivity index (χ3v) is 4.51. The molecule has 140 valence electrons. The van der Waals surface area contributed by atoms with Gasteiger partial charge in [-0.3, -0.25) is 4.79 Å². The molecule has 0 aliphatic heterocycles. The van der Waals surface area contributed by atoms with E-state index in [-0.39, 0.29) is 11.5 Å². The second kappa shape index (κ2) is 8.83. The Morgan fingerprint density at radius 2 is 1.68 bits per heavy atom. The van der Waals surface area contributed by atoms with E-state index in [1.165, 1.54) is 0 Å². The Bertz CT molecular complexity index is 1010. The predicted octanol–water partition coefficient (Wildman–Crippen LogP) is 4.31. The molecule has 3 aromatic rings. The summed E-state index contributed by atoms with van der Waals surface area (Å²) in [6.45, 7) is 4.92. The molecule has 0 radical (unpaired) electrons. The van der Waals surface area contributed by atoms with E-state index in [1.807, 2.05) is 80.7 Å². The number of hydrogen-bond acceptors (Lipinski definition) is 3. The molecule has 5 nitrogen and oxygen atoms in total. The van der Waals surface area contributed by atoms with Gasteiger partial charge in [0.05, 0.1) is 11.4 Å². The van der Waals surface area contributed by atoms with Gasteiger partial charge in [-0.15, -0.1) is 0 Å². The molecule has 0 saturated heterocycles. The van der Waals surface area contributed by atoms with Gasteiger partial charge in [-0.2, -0.15) is 10.4 Å². The molecular formula is C23H22N4O. The normalized spacial score (nSPS) is 11.1. The molecule has 3 rings (SSSR count). The van der Waals surface area contributed by atoms with Crippen LogP contribution in [0.3, 0.4) is 0 Å². The highest BCUT2D eigenvalue weighted by atomic mass is 16.2. The average Bonchev–Trinajstić information content (AvgIpc) is 3.18. The third-order valence-electron chi connectivity index (χ3n) is 4.51. The van der Waals surface area contributed by atoms with Crippen molar-refractivity contribution >= 4 is 12.0 Å². The van der Waals surface area contributed by atoms with Crippen molar-refractivity contribution in [2.75, 3.05) is 13.1 Å². The highest BCUT2D eigenvalue weighted by Gasteiger charge is 2.18. The number of carbonyl (C=O) groups is 1. The summed E-state index contributed by atoms with van der Waals surface area (Å²) in [5, 5.41) is 14.3. The second-order valence-corrected chi connectivity index (χ2v) is 6.23. The molecule has 5 heteroatoms. The number of carbonyl (C=O) groups excluding carboxylic acids is 1. The van der Waals surface area contributed by atoms with Crippen LogP contribution in [0.15, 0.2) is 72.4 Å². The molecule has 1 heterocycles. The highest BCUT2D eigenvalue weighted by molar-refractivity contribution is 6.02. The molecule has 0 saturated carbocycles. The lowest BCUT2D eigenvalue weighted by Crippen LogP contribution is -2.31. The monoisotopic (exact) mass is 370 g/mol. The Kier molecular flexibility index (Phi) is 6.03. The van der Waals surface area contributed by atoms with Crippen LogP contribution in [0.1, 0.15) is 19.4 Å². The van der Waals surface area contributed by atoms with E-state index in [1.54, 1.807) is 15.7 Å². The van der Waals surface area contributed by atoms with Gasteiger partial charge in [0, 0.05) is 30.4 Å². The van der Waals surface area contributed by atoms with Gasteiger partial charge < -0.3 is 4.90 Å². The van der Waals surface area contributed by atoms with Gasteiger partial charge in [0.2, 0.25) is 0 Å². The lowest BCUT2D eigenvalue weighted by molar-refractivity contribution is -0.126. The first-order valence-electron chi connectivity index (χ1n) is 9.29. The first-order valence-corrected chi connectivity index (χ1v) is 9.29. The molecule has 0 aliphatic rings. The van der Waals surface area contributed by atoms with Crippen LogP contribution in [-0.4, -0.2) is 33.7 Å². The fraction of sp³-hybridized carbons (Fsp3) is 0.174. The Labute approximate surface area is 165 Å². The SMILES string of the molecule is CCN(CC)C(=O)/C(C#N)=C\c1cn(-c2ccccc2)nc1-c1ccccc1.